The Morgan fingerprint density at radius 1 is 1.29 bits per heavy atom. The van der Waals surface area contributed by atoms with Crippen LogP contribution in [0.2, 0.25) is 0 Å². The van der Waals surface area contributed by atoms with Crippen molar-refractivity contribution in [1.82, 2.24) is 9.97 Å². The first-order chi connectivity index (χ1) is 9.95. The minimum absolute atomic E-state index is 0.0449. The number of rotatable bonds is 5. The molecule has 1 aromatic heterocycles. The minimum atomic E-state index is -1.09. The summed E-state index contributed by atoms with van der Waals surface area (Å²) in [7, 11) is 3.58. The van der Waals surface area contributed by atoms with Crippen LogP contribution in [0, 0.1) is 6.92 Å². The maximum atomic E-state index is 11.1. The van der Waals surface area contributed by atoms with Gasteiger partial charge < -0.3 is 14.7 Å². The molecule has 0 bridgehead atoms. The Labute approximate surface area is 123 Å². The van der Waals surface area contributed by atoms with Crippen molar-refractivity contribution >= 4 is 11.8 Å². The molecule has 2 rings (SSSR count). The van der Waals surface area contributed by atoms with Gasteiger partial charge in [-0.05, 0) is 24.6 Å². The van der Waals surface area contributed by atoms with Crippen LogP contribution in [0.15, 0.2) is 30.3 Å². The Bertz CT molecular complexity index is 656. The van der Waals surface area contributed by atoms with Gasteiger partial charge >= 0.3 is 5.97 Å². The summed E-state index contributed by atoms with van der Waals surface area (Å²) in [6.07, 6.45) is 0. The van der Waals surface area contributed by atoms with E-state index in [0.29, 0.717) is 17.4 Å². The standard InChI is InChI=1S/C15H17N3O3/c1-10-5-4-6-11(7-10)21-9-13-16-12(15(19)20)8-14(17-13)18(2)3/h4-8H,9H2,1-3H3,(H,19,20). The number of hydrogen-bond acceptors (Lipinski definition) is 5. The van der Waals surface area contributed by atoms with Gasteiger partial charge in [-0.1, -0.05) is 12.1 Å². The van der Waals surface area contributed by atoms with Crippen molar-refractivity contribution in [3.05, 3.63) is 47.4 Å². The molecule has 1 aromatic carbocycles. The summed E-state index contributed by atoms with van der Waals surface area (Å²) < 4.78 is 5.61. The molecular formula is C15H17N3O3. The van der Waals surface area contributed by atoms with Gasteiger partial charge in [0, 0.05) is 20.2 Å². The van der Waals surface area contributed by atoms with Crippen LogP contribution in [-0.4, -0.2) is 35.1 Å². The summed E-state index contributed by atoms with van der Waals surface area (Å²) >= 11 is 0. The van der Waals surface area contributed by atoms with Gasteiger partial charge in [0.1, 0.15) is 18.2 Å². The predicted molar refractivity (Wildman–Crippen MR) is 78.8 cm³/mol. The zero-order valence-corrected chi connectivity index (χ0v) is 12.2. The SMILES string of the molecule is Cc1cccc(OCc2nc(C(=O)O)cc(N(C)C)n2)c1. The van der Waals surface area contributed by atoms with Crippen molar-refractivity contribution in [3.63, 3.8) is 0 Å². The fraction of sp³-hybridized carbons (Fsp3) is 0.267. The molecule has 2 aromatic rings. The highest BCUT2D eigenvalue weighted by atomic mass is 16.5. The highest BCUT2D eigenvalue weighted by molar-refractivity contribution is 5.86. The van der Waals surface area contributed by atoms with Crippen LogP contribution < -0.4 is 9.64 Å². The third-order valence-electron chi connectivity index (χ3n) is 2.79. The third kappa shape index (κ3) is 3.92. The molecule has 1 N–H and O–H groups in total. The van der Waals surface area contributed by atoms with E-state index in [2.05, 4.69) is 9.97 Å². The second-order valence-corrected chi connectivity index (χ2v) is 4.83. The molecular weight excluding hydrogens is 270 g/mol. The van der Waals surface area contributed by atoms with Crippen LogP contribution in [0.25, 0.3) is 0 Å². The molecule has 0 saturated heterocycles. The van der Waals surface area contributed by atoms with Gasteiger partial charge in [0.25, 0.3) is 0 Å². The van der Waals surface area contributed by atoms with Gasteiger partial charge in [-0.25, -0.2) is 14.8 Å². The molecule has 6 heteroatoms. The molecule has 0 atom stereocenters. The molecule has 110 valence electrons. The Hall–Kier alpha value is -2.63. The summed E-state index contributed by atoms with van der Waals surface area (Å²) in [6.45, 7) is 2.09. The van der Waals surface area contributed by atoms with Gasteiger partial charge in [0.15, 0.2) is 11.5 Å². The molecule has 0 aliphatic carbocycles. The molecule has 1 heterocycles. The van der Waals surface area contributed by atoms with Crippen molar-refractivity contribution in [2.24, 2.45) is 0 Å². The van der Waals surface area contributed by atoms with Gasteiger partial charge in [-0.15, -0.1) is 0 Å². The average molecular weight is 287 g/mol. The lowest BCUT2D eigenvalue weighted by atomic mass is 10.2. The molecule has 0 spiro atoms. The van der Waals surface area contributed by atoms with E-state index in [1.807, 2.05) is 31.2 Å². The molecule has 0 amide bonds. The molecule has 0 aliphatic rings. The second kappa shape index (κ2) is 6.21. The van der Waals surface area contributed by atoms with E-state index in [-0.39, 0.29) is 12.3 Å². The molecule has 6 nitrogen and oxygen atoms in total. The van der Waals surface area contributed by atoms with Crippen LogP contribution >= 0.6 is 0 Å². The molecule has 0 unspecified atom stereocenters. The van der Waals surface area contributed by atoms with Crippen molar-refractivity contribution in [3.8, 4) is 5.75 Å². The lowest BCUT2D eigenvalue weighted by Gasteiger charge is -2.13. The van der Waals surface area contributed by atoms with Crippen molar-refractivity contribution in [1.29, 1.82) is 0 Å². The Morgan fingerprint density at radius 2 is 2.05 bits per heavy atom. The van der Waals surface area contributed by atoms with E-state index in [1.54, 1.807) is 19.0 Å². The Morgan fingerprint density at radius 3 is 2.67 bits per heavy atom. The predicted octanol–water partition coefficient (Wildman–Crippen LogP) is 2.13. The highest BCUT2D eigenvalue weighted by Gasteiger charge is 2.12. The smallest absolute Gasteiger partial charge is 0.354 e. The first kappa shape index (κ1) is 14.8. The van der Waals surface area contributed by atoms with Crippen LogP contribution in [0.5, 0.6) is 5.75 Å². The number of anilines is 1. The quantitative estimate of drug-likeness (QED) is 0.908. The zero-order chi connectivity index (χ0) is 15.4. The fourth-order valence-corrected chi connectivity index (χ4v) is 1.74. The third-order valence-corrected chi connectivity index (χ3v) is 2.79. The number of carbonyl (C=O) groups is 1. The number of nitrogens with zero attached hydrogens (tertiary/aromatic N) is 3. The fourth-order valence-electron chi connectivity index (χ4n) is 1.74. The van der Waals surface area contributed by atoms with Gasteiger partial charge in [0.2, 0.25) is 0 Å². The van der Waals surface area contributed by atoms with Crippen molar-refractivity contribution in [2.45, 2.75) is 13.5 Å². The number of carboxylic acid groups (broad SMARTS) is 1. The number of aromatic carboxylic acids is 1. The molecule has 0 fully saturated rings. The number of ether oxygens (including phenoxy) is 1. The number of carboxylic acids is 1. The van der Waals surface area contributed by atoms with E-state index in [9.17, 15) is 4.79 Å². The van der Waals surface area contributed by atoms with Gasteiger partial charge in [-0.3, -0.25) is 0 Å². The summed E-state index contributed by atoms with van der Waals surface area (Å²) in [4.78, 5) is 21.1. The topological polar surface area (TPSA) is 75.6 Å². The first-order valence-corrected chi connectivity index (χ1v) is 6.44. The summed E-state index contributed by atoms with van der Waals surface area (Å²) in [5, 5.41) is 9.09. The summed E-state index contributed by atoms with van der Waals surface area (Å²) in [5.41, 5.74) is 1.04. The number of benzene rings is 1. The summed E-state index contributed by atoms with van der Waals surface area (Å²) in [6, 6.07) is 9.02. The molecule has 21 heavy (non-hydrogen) atoms. The van der Waals surface area contributed by atoms with E-state index in [1.165, 1.54) is 6.07 Å². The lowest BCUT2D eigenvalue weighted by Crippen LogP contribution is -2.16. The van der Waals surface area contributed by atoms with Crippen molar-refractivity contribution < 1.29 is 14.6 Å². The van der Waals surface area contributed by atoms with Gasteiger partial charge in [-0.2, -0.15) is 0 Å². The molecule has 0 saturated carbocycles. The Balaban J connectivity index is 2.21. The van der Waals surface area contributed by atoms with E-state index < -0.39 is 5.97 Å². The van der Waals surface area contributed by atoms with E-state index in [0.717, 1.165) is 5.56 Å². The average Bonchev–Trinajstić information content (AvgIpc) is 2.45. The first-order valence-electron chi connectivity index (χ1n) is 6.44. The maximum Gasteiger partial charge on any atom is 0.354 e. The minimum Gasteiger partial charge on any atom is -0.486 e. The van der Waals surface area contributed by atoms with Crippen molar-refractivity contribution in [2.75, 3.05) is 19.0 Å². The van der Waals surface area contributed by atoms with E-state index in [4.69, 9.17) is 9.84 Å². The zero-order valence-electron chi connectivity index (χ0n) is 12.2. The van der Waals surface area contributed by atoms with Crippen LogP contribution in [0.4, 0.5) is 5.82 Å². The normalized spacial score (nSPS) is 10.2. The second-order valence-electron chi connectivity index (χ2n) is 4.83. The Kier molecular flexibility index (Phi) is 4.37. The highest BCUT2D eigenvalue weighted by Crippen LogP contribution is 2.15. The molecule has 0 aliphatic heterocycles. The van der Waals surface area contributed by atoms with E-state index >= 15 is 0 Å². The summed E-state index contributed by atoms with van der Waals surface area (Å²) in [5.74, 6) is 0.480. The maximum absolute atomic E-state index is 11.1. The molecule has 0 radical (unpaired) electrons. The van der Waals surface area contributed by atoms with Crippen LogP contribution in [0.3, 0.4) is 0 Å². The number of hydrogen-bond donors (Lipinski definition) is 1. The van der Waals surface area contributed by atoms with Crippen LogP contribution in [0.1, 0.15) is 21.9 Å². The monoisotopic (exact) mass is 287 g/mol. The van der Waals surface area contributed by atoms with Gasteiger partial charge in [0.05, 0.1) is 0 Å². The number of aromatic nitrogens is 2. The largest absolute Gasteiger partial charge is 0.486 e. The number of aryl methyl sites for hydroxylation is 1. The van der Waals surface area contributed by atoms with Crippen LogP contribution in [-0.2, 0) is 6.61 Å². The lowest BCUT2D eigenvalue weighted by molar-refractivity contribution is 0.0689.